The van der Waals surface area contributed by atoms with E-state index in [0.717, 1.165) is 16.7 Å². The smallest absolute Gasteiger partial charge is 0.251 e. The summed E-state index contributed by atoms with van der Waals surface area (Å²) in [6, 6.07) is 17.9. The molecule has 0 aliphatic carbocycles. The van der Waals surface area contributed by atoms with E-state index in [2.05, 4.69) is 25.8 Å². The highest BCUT2D eigenvalue weighted by atomic mass is 35.5. The Morgan fingerprint density at radius 3 is 2.47 bits per heavy atom. The third-order valence-corrected chi connectivity index (χ3v) is 8.67. The number of halogens is 2. The molecule has 0 bridgehead atoms. The van der Waals surface area contributed by atoms with E-state index in [0.29, 0.717) is 28.8 Å². The number of carbonyl (C=O) groups excluding carboxylic acids is 4. The second kappa shape index (κ2) is 14.1. The number of hydrogen-bond donors (Lipinski definition) is 1. The molecular formula is C36H29ClFN7O4. The largest absolute Gasteiger partial charge is 0.355 e. The highest BCUT2D eigenvalue weighted by molar-refractivity contribution is 6.31. The number of fused-ring (bicyclic) bond motifs is 1. The standard InChI is InChI=1S/C36H29ClFN7O4/c1-21(46)24-10-11-25(40-19-24)18-32(47)35-28-5-3-4-26(22-6-8-23(9-7-22)36(49)39-2)27(28)16-17-44(35)33(48)15-12-29-31(45-20-41-42-43-45)14-13-30(37)34(29)38/h3-15,19-20,35H,16-18H2,1-2H3,(H,39,49)/b15-12+. The summed E-state index contributed by atoms with van der Waals surface area (Å²) in [5, 5.41) is 13.5. The zero-order chi connectivity index (χ0) is 34.7. The van der Waals surface area contributed by atoms with E-state index >= 15 is 4.39 Å². The van der Waals surface area contributed by atoms with Gasteiger partial charge in [-0.2, -0.15) is 4.68 Å². The molecule has 1 atom stereocenters. The van der Waals surface area contributed by atoms with Crippen LogP contribution < -0.4 is 5.32 Å². The fraction of sp³-hybridized carbons (Fsp3) is 0.167. The van der Waals surface area contributed by atoms with Crippen molar-refractivity contribution < 1.29 is 23.6 Å². The lowest BCUT2D eigenvalue weighted by Crippen LogP contribution is -2.43. The highest BCUT2D eigenvalue weighted by Gasteiger charge is 2.36. The predicted octanol–water partition coefficient (Wildman–Crippen LogP) is 5.03. The molecule has 13 heteroatoms. The van der Waals surface area contributed by atoms with Crippen LogP contribution >= 0.6 is 11.6 Å². The summed E-state index contributed by atoms with van der Waals surface area (Å²) in [4.78, 5) is 57.8. The monoisotopic (exact) mass is 677 g/mol. The third-order valence-electron chi connectivity index (χ3n) is 8.38. The van der Waals surface area contributed by atoms with E-state index in [4.69, 9.17) is 11.6 Å². The molecule has 2 aromatic heterocycles. The average molecular weight is 678 g/mol. The molecule has 2 amide bonds. The number of Topliss-reactive ketones (excluding diaryl/α,β-unsaturated/α-hetero) is 2. The van der Waals surface area contributed by atoms with Crippen LogP contribution in [0.5, 0.6) is 0 Å². The first-order valence-corrected chi connectivity index (χ1v) is 15.7. The van der Waals surface area contributed by atoms with Crippen molar-refractivity contribution in [2.75, 3.05) is 13.6 Å². The molecule has 0 saturated heterocycles. The quantitative estimate of drug-likeness (QED) is 0.169. The number of hydrogen-bond acceptors (Lipinski definition) is 8. The van der Waals surface area contributed by atoms with Crippen LogP contribution in [-0.4, -0.2) is 67.1 Å². The Morgan fingerprint density at radius 2 is 1.80 bits per heavy atom. The van der Waals surface area contributed by atoms with E-state index in [-0.39, 0.29) is 46.7 Å². The first-order chi connectivity index (χ1) is 23.7. The Labute approximate surface area is 285 Å². The second-order valence-corrected chi connectivity index (χ2v) is 11.7. The van der Waals surface area contributed by atoms with Gasteiger partial charge in [-0.05, 0) is 88.5 Å². The van der Waals surface area contributed by atoms with Crippen molar-refractivity contribution in [2.45, 2.75) is 25.8 Å². The molecule has 0 radical (unpaired) electrons. The van der Waals surface area contributed by atoms with Gasteiger partial charge in [0.05, 0.1) is 17.1 Å². The van der Waals surface area contributed by atoms with Gasteiger partial charge in [-0.15, -0.1) is 5.10 Å². The second-order valence-electron chi connectivity index (χ2n) is 11.3. The molecule has 1 aliphatic rings. The number of pyridine rings is 1. The molecule has 0 saturated carbocycles. The fourth-order valence-corrected chi connectivity index (χ4v) is 6.08. The number of benzene rings is 3. The van der Waals surface area contributed by atoms with E-state index < -0.39 is 17.8 Å². The van der Waals surface area contributed by atoms with Crippen LogP contribution in [0.4, 0.5) is 4.39 Å². The lowest BCUT2D eigenvalue weighted by atomic mass is 9.84. The van der Waals surface area contributed by atoms with E-state index in [1.54, 1.807) is 31.3 Å². The Hall–Kier alpha value is -5.88. The van der Waals surface area contributed by atoms with Gasteiger partial charge < -0.3 is 10.2 Å². The molecule has 5 aromatic rings. The number of ketones is 2. The molecule has 3 heterocycles. The Balaban J connectivity index is 1.38. The number of nitrogens with one attached hydrogen (secondary N) is 1. The van der Waals surface area contributed by atoms with Gasteiger partial charge in [-0.25, -0.2) is 4.39 Å². The highest BCUT2D eigenvalue weighted by Crippen LogP contribution is 2.37. The van der Waals surface area contributed by atoms with Gasteiger partial charge in [-0.3, -0.25) is 24.2 Å². The molecule has 6 rings (SSSR count). The van der Waals surface area contributed by atoms with Crippen molar-refractivity contribution >= 4 is 41.1 Å². The minimum absolute atomic E-state index is 0.00863. The summed E-state index contributed by atoms with van der Waals surface area (Å²) in [5.74, 6) is -1.93. The van der Waals surface area contributed by atoms with Gasteiger partial charge in [0.15, 0.2) is 17.4 Å². The average Bonchev–Trinajstić information content (AvgIpc) is 3.66. The van der Waals surface area contributed by atoms with Gasteiger partial charge in [0, 0.05) is 48.2 Å². The van der Waals surface area contributed by atoms with E-state index in [9.17, 15) is 19.2 Å². The number of amides is 2. The van der Waals surface area contributed by atoms with Crippen molar-refractivity contribution in [2.24, 2.45) is 0 Å². The van der Waals surface area contributed by atoms with Crippen molar-refractivity contribution in [3.8, 4) is 16.8 Å². The van der Waals surface area contributed by atoms with Crippen LogP contribution in [0, 0.1) is 5.82 Å². The van der Waals surface area contributed by atoms with E-state index in [1.807, 2.05) is 30.3 Å². The van der Waals surface area contributed by atoms with Crippen LogP contribution in [0.1, 0.15) is 56.1 Å². The Kier molecular flexibility index (Phi) is 9.49. The van der Waals surface area contributed by atoms with Crippen LogP contribution in [0.15, 0.2) is 85.3 Å². The van der Waals surface area contributed by atoms with Gasteiger partial charge in [0.25, 0.3) is 5.91 Å². The van der Waals surface area contributed by atoms with Gasteiger partial charge in [-0.1, -0.05) is 41.9 Å². The van der Waals surface area contributed by atoms with Crippen LogP contribution in [-0.2, 0) is 22.4 Å². The molecule has 0 fully saturated rings. The maximum atomic E-state index is 15.3. The zero-order valence-electron chi connectivity index (χ0n) is 26.4. The summed E-state index contributed by atoms with van der Waals surface area (Å²) in [7, 11) is 1.56. The fourth-order valence-electron chi connectivity index (χ4n) is 5.92. The molecule has 1 aliphatic heterocycles. The van der Waals surface area contributed by atoms with Crippen LogP contribution in [0.3, 0.4) is 0 Å². The molecule has 49 heavy (non-hydrogen) atoms. The van der Waals surface area contributed by atoms with E-state index in [1.165, 1.54) is 53.3 Å². The van der Waals surface area contributed by atoms with Crippen LogP contribution in [0.25, 0.3) is 22.9 Å². The SMILES string of the molecule is CNC(=O)c1ccc(-c2cccc3c2CCN(C(=O)/C=C/c2c(-n4cnnn4)ccc(Cl)c2F)C3C(=O)Cc2ccc(C(C)=O)cn2)cc1. The molecule has 1 N–H and O–H groups in total. The topological polar surface area (TPSA) is 140 Å². The normalized spacial score (nSPS) is 14.0. The Bertz CT molecular complexity index is 2100. The maximum Gasteiger partial charge on any atom is 0.251 e. The summed E-state index contributed by atoms with van der Waals surface area (Å²) < 4.78 is 16.5. The van der Waals surface area contributed by atoms with Crippen molar-refractivity contribution in [3.63, 3.8) is 0 Å². The minimum atomic E-state index is -0.997. The summed E-state index contributed by atoms with van der Waals surface area (Å²) in [6.45, 7) is 1.62. The molecule has 11 nitrogen and oxygen atoms in total. The number of tetrazole rings is 1. The first-order valence-electron chi connectivity index (χ1n) is 15.3. The maximum absolute atomic E-state index is 15.3. The van der Waals surface area contributed by atoms with Crippen molar-refractivity contribution in [3.05, 3.63) is 130 Å². The number of carbonyl (C=O) groups is 4. The number of aromatic nitrogens is 5. The zero-order valence-corrected chi connectivity index (χ0v) is 27.2. The summed E-state index contributed by atoms with van der Waals surface area (Å²) >= 11 is 6.08. The molecule has 3 aromatic carbocycles. The number of rotatable bonds is 9. The van der Waals surface area contributed by atoms with Crippen LogP contribution in [0.2, 0.25) is 5.02 Å². The minimum Gasteiger partial charge on any atom is -0.355 e. The lowest BCUT2D eigenvalue weighted by Gasteiger charge is -2.37. The van der Waals surface area contributed by atoms with Crippen molar-refractivity contribution in [1.29, 1.82) is 0 Å². The molecule has 246 valence electrons. The third kappa shape index (κ3) is 6.76. The first kappa shape index (κ1) is 33.0. The molecular weight excluding hydrogens is 649 g/mol. The summed E-state index contributed by atoms with van der Waals surface area (Å²) in [6.07, 6.45) is 5.54. The Morgan fingerprint density at radius 1 is 1.02 bits per heavy atom. The van der Waals surface area contributed by atoms with Gasteiger partial charge in [0.2, 0.25) is 5.91 Å². The molecule has 1 unspecified atom stereocenters. The molecule has 0 spiro atoms. The summed E-state index contributed by atoms with van der Waals surface area (Å²) in [5.41, 5.74) is 4.89. The van der Waals surface area contributed by atoms with Crippen molar-refractivity contribution in [1.82, 2.24) is 35.4 Å². The number of nitrogens with zero attached hydrogens (tertiary/aromatic N) is 6. The van der Waals surface area contributed by atoms with Gasteiger partial charge >= 0.3 is 0 Å². The van der Waals surface area contributed by atoms with Gasteiger partial charge in [0.1, 0.15) is 12.4 Å². The lowest BCUT2D eigenvalue weighted by molar-refractivity contribution is -0.136. The predicted molar refractivity (Wildman–Crippen MR) is 180 cm³/mol.